The molecule has 0 amide bonds. The molecule has 3 nitrogen and oxygen atoms in total. The van der Waals surface area contributed by atoms with Crippen molar-refractivity contribution in [3.8, 4) is 11.5 Å². The maximum Gasteiger partial charge on any atom is 0.165 e. The van der Waals surface area contributed by atoms with Gasteiger partial charge in [-0.15, -0.1) is 0 Å². The van der Waals surface area contributed by atoms with Crippen LogP contribution >= 0.6 is 0 Å². The lowest BCUT2D eigenvalue weighted by Gasteiger charge is -2.22. The third kappa shape index (κ3) is 3.26. The molecule has 0 bridgehead atoms. The van der Waals surface area contributed by atoms with Crippen molar-refractivity contribution in [2.45, 2.75) is 26.3 Å². The Morgan fingerprint density at radius 3 is 2.56 bits per heavy atom. The number of methoxy groups -OCH3 is 2. The van der Waals surface area contributed by atoms with Gasteiger partial charge < -0.3 is 14.8 Å². The van der Waals surface area contributed by atoms with E-state index in [4.69, 9.17) is 9.47 Å². The van der Waals surface area contributed by atoms with Gasteiger partial charge in [0.05, 0.1) is 20.3 Å². The van der Waals surface area contributed by atoms with Crippen LogP contribution in [0.1, 0.15) is 31.9 Å². The van der Waals surface area contributed by atoms with Gasteiger partial charge in [0, 0.05) is 5.56 Å². The van der Waals surface area contributed by atoms with Crippen molar-refractivity contribution >= 4 is 0 Å². The fraction of sp³-hybridized carbons (Fsp3) is 0.467. The fourth-order valence-corrected chi connectivity index (χ4v) is 1.98. The molecule has 0 saturated carbocycles. The minimum Gasteiger partial charge on any atom is -0.493 e. The number of rotatable bonds is 7. The highest BCUT2D eigenvalue weighted by Gasteiger charge is 2.18. The van der Waals surface area contributed by atoms with Crippen molar-refractivity contribution in [1.82, 2.24) is 5.32 Å². The average molecular weight is 249 g/mol. The molecule has 1 unspecified atom stereocenters. The molecule has 100 valence electrons. The van der Waals surface area contributed by atoms with Crippen LogP contribution in [0.15, 0.2) is 30.4 Å². The summed E-state index contributed by atoms with van der Waals surface area (Å²) in [5.41, 5.74) is 2.13. The van der Waals surface area contributed by atoms with Crippen LogP contribution in [0.5, 0.6) is 11.5 Å². The van der Waals surface area contributed by atoms with Gasteiger partial charge in [0.25, 0.3) is 0 Å². The molecular weight excluding hydrogens is 226 g/mol. The molecule has 0 fully saturated rings. The third-order valence-corrected chi connectivity index (χ3v) is 2.84. The van der Waals surface area contributed by atoms with Gasteiger partial charge in [-0.25, -0.2) is 0 Å². The maximum absolute atomic E-state index is 5.47. The Morgan fingerprint density at radius 1 is 1.33 bits per heavy atom. The first kappa shape index (κ1) is 14.6. The molecule has 0 radical (unpaired) electrons. The van der Waals surface area contributed by atoms with Crippen molar-refractivity contribution < 1.29 is 9.47 Å². The molecule has 1 aromatic rings. The Balaban J connectivity index is 3.14. The molecule has 0 saturated heterocycles. The zero-order valence-corrected chi connectivity index (χ0v) is 11.7. The number of ether oxygens (including phenoxy) is 2. The van der Waals surface area contributed by atoms with Crippen molar-refractivity contribution in [2.75, 3.05) is 20.8 Å². The summed E-state index contributed by atoms with van der Waals surface area (Å²) >= 11 is 0. The van der Waals surface area contributed by atoms with Gasteiger partial charge in [-0.05, 0) is 26.0 Å². The summed E-state index contributed by atoms with van der Waals surface area (Å²) in [4.78, 5) is 0. The summed E-state index contributed by atoms with van der Waals surface area (Å²) in [6, 6.07) is 6.01. The molecule has 0 spiro atoms. The van der Waals surface area contributed by atoms with Crippen LogP contribution in [0.2, 0.25) is 0 Å². The van der Waals surface area contributed by atoms with Crippen molar-refractivity contribution in [3.63, 3.8) is 0 Å². The normalized spacial score (nSPS) is 12.0. The quantitative estimate of drug-likeness (QED) is 0.752. The van der Waals surface area contributed by atoms with Crippen LogP contribution in [0.3, 0.4) is 0 Å². The molecule has 0 aromatic heterocycles. The molecule has 18 heavy (non-hydrogen) atoms. The maximum atomic E-state index is 5.47. The monoisotopic (exact) mass is 249 g/mol. The smallest absolute Gasteiger partial charge is 0.165 e. The van der Waals surface area contributed by atoms with Crippen LogP contribution in [-0.4, -0.2) is 20.8 Å². The van der Waals surface area contributed by atoms with Gasteiger partial charge in [-0.1, -0.05) is 31.2 Å². The summed E-state index contributed by atoms with van der Waals surface area (Å²) in [7, 11) is 3.31. The van der Waals surface area contributed by atoms with Crippen LogP contribution in [0.4, 0.5) is 0 Å². The van der Waals surface area contributed by atoms with E-state index in [2.05, 4.69) is 18.8 Å². The summed E-state index contributed by atoms with van der Waals surface area (Å²) in [5.74, 6) is 1.52. The van der Waals surface area contributed by atoms with Crippen LogP contribution < -0.4 is 14.8 Å². The van der Waals surface area contributed by atoms with Crippen LogP contribution in [0.25, 0.3) is 0 Å². The largest absolute Gasteiger partial charge is 0.493 e. The highest BCUT2D eigenvalue weighted by Crippen LogP contribution is 2.36. The van der Waals surface area contributed by atoms with Gasteiger partial charge in [-0.3, -0.25) is 0 Å². The molecule has 1 rings (SSSR count). The average Bonchev–Trinajstić information content (AvgIpc) is 2.38. The van der Waals surface area contributed by atoms with Crippen LogP contribution in [0, 0.1) is 0 Å². The molecule has 0 aliphatic rings. The lowest BCUT2D eigenvalue weighted by molar-refractivity contribution is 0.348. The molecule has 1 N–H and O–H groups in total. The van der Waals surface area contributed by atoms with Gasteiger partial charge in [0.1, 0.15) is 0 Å². The highest BCUT2D eigenvalue weighted by molar-refractivity contribution is 5.49. The minimum atomic E-state index is 0.0926. The van der Waals surface area contributed by atoms with Crippen molar-refractivity contribution in [1.29, 1.82) is 0 Å². The van der Waals surface area contributed by atoms with E-state index in [1.807, 2.05) is 25.1 Å². The van der Waals surface area contributed by atoms with Gasteiger partial charge in [0.15, 0.2) is 11.5 Å². The van der Waals surface area contributed by atoms with Gasteiger partial charge in [0.2, 0.25) is 0 Å². The lowest BCUT2D eigenvalue weighted by Crippen LogP contribution is -2.23. The first-order valence-corrected chi connectivity index (χ1v) is 6.25. The molecule has 0 heterocycles. The van der Waals surface area contributed by atoms with E-state index in [9.17, 15) is 0 Å². The van der Waals surface area contributed by atoms with E-state index in [-0.39, 0.29) is 6.04 Å². The molecular formula is C15H23NO2. The molecule has 1 aromatic carbocycles. The predicted octanol–water partition coefficient (Wildman–Crippen LogP) is 3.32. The Kier molecular flexibility index (Phi) is 5.72. The van der Waals surface area contributed by atoms with E-state index in [0.29, 0.717) is 0 Å². The second kappa shape index (κ2) is 7.07. The molecule has 3 heteroatoms. The molecule has 1 atom stereocenters. The Hall–Kier alpha value is -1.48. The zero-order chi connectivity index (χ0) is 13.5. The van der Waals surface area contributed by atoms with Crippen LogP contribution in [-0.2, 0) is 0 Å². The van der Waals surface area contributed by atoms with Crippen molar-refractivity contribution in [3.05, 3.63) is 35.9 Å². The number of benzene rings is 1. The summed E-state index contributed by atoms with van der Waals surface area (Å²) in [5, 5.41) is 3.48. The lowest BCUT2D eigenvalue weighted by atomic mass is 9.99. The Bertz CT molecular complexity index is 401. The van der Waals surface area contributed by atoms with E-state index < -0.39 is 0 Å². The van der Waals surface area contributed by atoms with Gasteiger partial charge in [-0.2, -0.15) is 0 Å². The topological polar surface area (TPSA) is 30.5 Å². The standard InChI is InChI=1S/C15H23NO2/c1-6-10-16-14(11(2)3)12-8-7-9-13(17-4)15(12)18-5/h7-9,14,16H,2,6,10H2,1,3-5H3. The Labute approximate surface area is 110 Å². The first-order valence-electron chi connectivity index (χ1n) is 6.25. The number of para-hydroxylation sites is 1. The zero-order valence-electron chi connectivity index (χ0n) is 11.7. The fourth-order valence-electron chi connectivity index (χ4n) is 1.98. The van der Waals surface area contributed by atoms with E-state index in [1.54, 1.807) is 14.2 Å². The SMILES string of the molecule is C=C(C)C(NCCC)c1cccc(OC)c1OC. The van der Waals surface area contributed by atoms with E-state index in [0.717, 1.165) is 35.6 Å². The van der Waals surface area contributed by atoms with E-state index in [1.165, 1.54) is 0 Å². The second-order valence-electron chi connectivity index (χ2n) is 4.32. The number of hydrogen-bond acceptors (Lipinski definition) is 3. The minimum absolute atomic E-state index is 0.0926. The van der Waals surface area contributed by atoms with E-state index >= 15 is 0 Å². The van der Waals surface area contributed by atoms with Gasteiger partial charge >= 0.3 is 0 Å². The third-order valence-electron chi connectivity index (χ3n) is 2.84. The molecule has 0 aliphatic carbocycles. The first-order chi connectivity index (χ1) is 8.65. The predicted molar refractivity (Wildman–Crippen MR) is 75.4 cm³/mol. The molecule has 0 aliphatic heterocycles. The number of hydrogen-bond donors (Lipinski definition) is 1. The summed E-state index contributed by atoms with van der Waals surface area (Å²) < 4.78 is 10.8. The summed E-state index contributed by atoms with van der Waals surface area (Å²) in [6.45, 7) is 9.16. The Morgan fingerprint density at radius 2 is 2.06 bits per heavy atom. The highest BCUT2D eigenvalue weighted by atomic mass is 16.5. The second-order valence-corrected chi connectivity index (χ2v) is 4.32. The summed E-state index contributed by atoms with van der Waals surface area (Å²) in [6.07, 6.45) is 1.08. The van der Waals surface area contributed by atoms with Crippen molar-refractivity contribution in [2.24, 2.45) is 0 Å². The number of nitrogens with one attached hydrogen (secondary N) is 1.